The molecule has 1 aromatic rings. The zero-order chi connectivity index (χ0) is 15.2. The fraction of sp³-hybridized carbons (Fsp3) is 0.750. The first-order valence-electron chi connectivity index (χ1n) is 7.84. The van der Waals surface area contributed by atoms with Crippen molar-refractivity contribution in [3.8, 4) is 0 Å². The summed E-state index contributed by atoms with van der Waals surface area (Å²) < 4.78 is 16.4. The number of ether oxygens (including phenoxy) is 3. The van der Waals surface area contributed by atoms with Gasteiger partial charge >= 0.3 is 0 Å². The van der Waals surface area contributed by atoms with Gasteiger partial charge in [-0.1, -0.05) is 19.4 Å². The number of nitrogens with one attached hydrogen (secondary N) is 1. The fourth-order valence-electron chi connectivity index (χ4n) is 1.77. The summed E-state index contributed by atoms with van der Waals surface area (Å²) >= 11 is 1.78. The highest BCUT2D eigenvalue weighted by atomic mass is 32.1. The summed E-state index contributed by atoms with van der Waals surface area (Å²) in [5, 5.41) is 5.54. The summed E-state index contributed by atoms with van der Waals surface area (Å²) in [6.07, 6.45) is 2.30. The molecular formula is C16H29NO3S. The van der Waals surface area contributed by atoms with Crippen LogP contribution < -0.4 is 5.32 Å². The Hall–Kier alpha value is -0.460. The Kier molecular flexibility index (Phi) is 11.7. The minimum Gasteiger partial charge on any atom is -0.379 e. The molecule has 1 atom stereocenters. The summed E-state index contributed by atoms with van der Waals surface area (Å²) in [6, 6.07) is 4.63. The second-order valence-corrected chi connectivity index (χ2v) is 5.86. The molecule has 4 nitrogen and oxygen atoms in total. The molecular weight excluding hydrogens is 286 g/mol. The number of rotatable bonds is 14. The van der Waals surface area contributed by atoms with Gasteiger partial charge < -0.3 is 19.5 Å². The lowest BCUT2D eigenvalue weighted by Crippen LogP contribution is -2.23. The van der Waals surface area contributed by atoms with E-state index in [1.807, 2.05) is 0 Å². The number of thiophene rings is 1. The van der Waals surface area contributed by atoms with Crippen LogP contribution in [0.25, 0.3) is 0 Å². The average molecular weight is 315 g/mol. The molecule has 0 saturated carbocycles. The van der Waals surface area contributed by atoms with E-state index < -0.39 is 0 Å². The van der Waals surface area contributed by atoms with Crippen LogP contribution >= 0.6 is 11.3 Å². The van der Waals surface area contributed by atoms with Gasteiger partial charge in [-0.3, -0.25) is 0 Å². The Labute approximate surface area is 132 Å². The Bertz CT molecular complexity index is 319. The van der Waals surface area contributed by atoms with Crippen LogP contribution in [0.4, 0.5) is 0 Å². The van der Waals surface area contributed by atoms with Crippen LogP contribution in [-0.4, -0.2) is 46.2 Å². The van der Waals surface area contributed by atoms with E-state index in [0.717, 1.165) is 19.6 Å². The molecule has 0 fully saturated rings. The average Bonchev–Trinajstić information content (AvgIpc) is 3.02. The molecule has 122 valence electrons. The summed E-state index contributed by atoms with van der Waals surface area (Å²) in [7, 11) is 0. The van der Waals surface area contributed by atoms with E-state index in [-0.39, 0.29) is 0 Å². The third kappa shape index (κ3) is 9.98. The molecule has 0 bridgehead atoms. The van der Waals surface area contributed by atoms with Crippen molar-refractivity contribution in [1.82, 2.24) is 5.32 Å². The first-order valence-corrected chi connectivity index (χ1v) is 8.72. The van der Waals surface area contributed by atoms with Gasteiger partial charge in [0.05, 0.1) is 33.0 Å². The number of hydrogen-bond acceptors (Lipinski definition) is 5. The highest BCUT2D eigenvalue weighted by Crippen LogP contribution is 2.17. The molecule has 0 aliphatic rings. The lowest BCUT2D eigenvalue weighted by atomic mass is 10.3. The summed E-state index contributed by atoms with van der Waals surface area (Å²) in [6.45, 7) is 9.36. The van der Waals surface area contributed by atoms with Gasteiger partial charge in [-0.2, -0.15) is 0 Å². The van der Waals surface area contributed by atoms with Crippen molar-refractivity contribution in [2.24, 2.45) is 0 Å². The molecule has 1 aromatic heterocycles. The molecule has 0 spiro atoms. The van der Waals surface area contributed by atoms with Crippen molar-refractivity contribution in [3.63, 3.8) is 0 Å². The zero-order valence-electron chi connectivity index (χ0n) is 13.3. The van der Waals surface area contributed by atoms with Crippen molar-refractivity contribution in [2.75, 3.05) is 46.2 Å². The van der Waals surface area contributed by atoms with Gasteiger partial charge in [0.15, 0.2) is 0 Å². The molecule has 0 saturated heterocycles. The van der Waals surface area contributed by atoms with E-state index in [1.54, 1.807) is 11.3 Å². The third-order valence-electron chi connectivity index (χ3n) is 3.05. The molecule has 0 radical (unpaired) electrons. The van der Waals surface area contributed by atoms with Gasteiger partial charge in [-0.15, -0.1) is 11.3 Å². The molecule has 21 heavy (non-hydrogen) atoms. The predicted molar refractivity (Wildman–Crippen MR) is 88.1 cm³/mol. The van der Waals surface area contributed by atoms with Gasteiger partial charge in [0.1, 0.15) is 0 Å². The van der Waals surface area contributed by atoms with E-state index in [2.05, 4.69) is 36.7 Å². The van der Waals surface area contributed by atoms with Crippen LogP contribution in [0.15, 0.2) is 17.5 Å². The van der Waals surface area contributed by atoms with Crippen molar-refractivity contribution < 1.29 is 14.2 Å². The quantitative estimate of drug-likeness (QED) is 0.535. The monoisotopic (exact) mass is 315 g/mol. The third-order valence-corrected chi connectivity index (χ3v) is 4.11. The summed E-state index contributed by atoms with van der Waals surface area (Å²) in [5.74, 6) is 0. The topological polar surface area (TPSA) is 39.7 Å². The van der Waals surface area contributed by atoms with E-state index in [4.69, 9.17) is 14.2 Å². The lowest BCUT2D eigenvalue weighted by molar-refractivity contribution is 0.0144. The van der Waals surface area contributed by atoms with Crippen LogP contribution in [0.1, 0.15) is 37.6 Å². The lowest BCUT2D eigenvalue weighted by Gasteiger charge is -2.12. The molecule has 0 aromatic carbocycles. The van der Waals surface area contributed by atoms with Crippen LogP contribution in [0.2, 0.25) is 0 Å². The maximum absolute atomic E-state index is 5.52. The molecule has 1 rings (SSSR count). The molecule has 1 heterocycles. The second-order valence-electron chi connectivity index (χ2n) is 4.88. The minimum atomic E-state index is 0.394. The summed E-state index contributed by atoms with van der Waals surface area (Å²) in [5.41, 5.74) is 0. The number of hydrogen-bond donors (Lipinski definition) is 1. The normalized spacial score (nSPS) is 12.7. The molecule has 0 aliphatic carbocycles. The van der Waals surface area contributed by atoms with Crippen LogP contribution in [0, 0.1) is 0 Å². The molecule has 0 unspecified atom stereocenters. The van der Waals surface area contributed by atoms with E-state index in [0.29, 0.717) is 39.1 Å². The Morgan fingerprint density at radius 1 is 1.05 bits per heavy atom. The maximum atomic E-state index is 5.52. The number of unbranched alkanes of at least 4 members (excludes halogenated alkanes) is 1. The highest BCUT2D eigenvalue weighted by Gasteiger charge is 2.04. The van der Waals surface area contributed by atoms with E-state index >= 15 is 0 Å². The van der Waals surface area contributed by atoms with E-state index in [1.165, 1.54) is 11.3 Å². The van der Waals surface area contributed by atoms with Gasteiger partial charge in [0.2, 0.25) is 0 Å². The smallest absolute Gasteiger partial charge is 0.0701 e. The Morgan fingerprint density at radius 2 is 1.71 bits per heavy atom. The largest absolute Gasteiger partial charge is 0.379 e. The highest BCUT2D eigenvalue weighted by molar-refractivity contribution is 7.10. The Morgan fingerprint density at radius 3 is 2.33 bits per heavy atom. The Balaban J connectivity index is 1.78. The van der Waals surface area contributed by atoms with Crippen molar-refractivity contribution in [1.29, 1.82) is 0 Å². The second kappa shape index (κ2) is 13.2. The zero-order valence-corrected chi connectivity index (χ0v) is 14.1. The van der Waals surface area contributed by atoms with Crippen molar-refractivity contribution >= 4 is 11.3 Å². The van der Waals surface area contributed by atoms with Crippen LogP contribution in [-0.2, 0) is 14.2 Å². The first-order chi connectivity index (χ1) is 10.3. The summed E-state index contributed by atoms with van der Waals surface area (Å²) in [4.78, 5) is 1.36. The van der Waals surface area contributed by atoms with Crippen molar-refractivity contribution in [2.45, 2.75) is 32.7 Å². The van der Waals surface area contributed by atoms with Crippen LogP contribution in [0.3, 0.4) is 0 Å². The van der Waals surface area contributed by atoms with Crippen molar-refractivity contribution in [3.05, 3.63) is 22.4 Å². The predicted octanol–water partition coefficient (Wildman–Crippen LogP) is 3.25. The first kappa shape index (κ1) is 18.6. The van der Waals surface area contributed by atoms with Gasteiger partial charge in [0, 0.05) is 24.1 Å². The molecule has 5 heteroatoms. The fourth-order valence-corrected chi connectivity index (χ4v) is 2.53. The molecule has 1 N–H and O–H groups in total. The van der Waals surface area contributed by atoms with Crippen LogP contribution in [0.5, 0.6) is 0 Å². The molecule has 0 aliphatic heterocycles. The maximum Gasteiger partial charge on any atom is 0.0701 e. The van der Waals surface area contributed by atoms with Gasteiger partial charge in [-0.05, 0) is 24.8 Å². The van der Waals surface area contributed by atoms with Gasteiger partial charge in [0.25, 0.3) is 0 Å². The molecule has 0 amide bonds. The van der Waals surface area contributed by atoms with Gasteiger partial charge in [-0.25, -0.2) is 0 Å². The minimum absolute atomic E-state index is 0.394. The standard InChI is InChI=1S/C16H29NO3S/c1-3-4-8-18-10-12-20-13-11-19-9-7-17-15(2)16-6-5-14-21-16/h5-6,14-15,17H,3-4,7-13H2,1-2H3/t15-/m1/s1. The SMILES string of the molecule is CCCCOCCOCCOCCN[C@H](C)c1cccs1. The van der Waals surface area contributed by atoms with E-state index in [9.17, 15) is 0 Å².